The number of Topliss-reactive ketones (excluding diaryl/α,β-unsaturated/α-hetero) is 1. The highest BCUT2D eigenvalue weighted by Crippen LogP contribution is 2.56. The van der Waals surface area contributed by atoms with Gasteiger partial charge in [-0.2, -0.15) is 0 Å². The van der Waals surface area contributed by atoms with Gasteiger partial charge in [0.05, 0.1) is 18.9 Å². The Balaban J connectivity index is 1.72. The van der Waals surface area contributed by atoms with Gasteiger partial charge in [0.15, 0.2) is 11.6 Å². The van der Waals surface area contributed by atoms with E-state index in [2.05, 4.69) is 0 Å². The summed E-state index contributed by atoms with van der Waals surface area (Å²) in [7, 11) is 2.98. The smallest absolute Gasteiger partial charge is 0.233 e. The largest absolute Gasteiger partial charge is 0.507 e. The minimum Gasteiger partial charge on any atom is -0.507 e. The number of imide groups is 1. The number of allylic oxidation sites excluding steroid dienone is 6. The molecular weight excluding hydrogens is 410 g/mol. The van der Waals surface area contributed by atoms with Gasteiger partial charge >= 0.3 is 0 Å². The molecule has 0 radical (unpaired) electrons. The lowest BCUT2D eigenvalue weighted by Crippen LogP contribution is -2.39. The van der Waals surface area contributed by atoms with Crippen molar-refractivity contribution < 1.29 is 29.0 Å². The molecule has 4 atom stereocenters. The van der Waals surface area contributed by atoms with Gasteiger partial charge in [-0.1, -0.05) is 17.7 Å². The fraction of sp³-hybridized carbons (Fsp3) is 0.360. The molecule has 1 aliphatic heterocycles. The second-order valence-electron chi connectivity index (χ2n) is 8.89. The molecule has 0 spiro atoms. The number of benzene rings is 1. The molecule has 1 heterocycles. The van der Waals surface area contributed by atoms with Gasteiger partial charge in [-0.25, -0.2) is 0 Å². The van der Waals surface area contributed by atoms with Crippen molar-refractivity contribution in [1.29, 1.82) is 0 Å². The number of hydrogen-bond donors (Lipinski definition) is 1. The van der Waals surface area contributed by atoms with Crippen LogP contribution in [0.2, 0.25) is 0 Å². The number of likely N-dealkylation sites (tertiary alicyclic amines) is 1. The van der Waals surface area contributed by atoms with E-state index in [0.717, 1.165) is 5.57 Å². The van der Waals surface area contributed by atoms with Gasteiger partial charge < -0.3 is 9.84 Å². The Bertz CT molecular complexity index is 1200. The summed E-state index contributed by atoms with van der Waals surface area (Å²) in [6, 6.07) is 4.86. The summed E-state index contributed by atoms with van der Waals surface area (Å²) in [5.74, 6) is -2.60. The van der Waals surface area contributed by atoms with Crippen molar-refractivity contribution in [3.63, 3.8) is 0 Å². The number of carbonyl (C=O) groups excluding carboxylic acids is 4. The number of phenolic OH excluding ortho intramolecular Hbond substituents is 1. The topological polar surface area (TPSA) is 101 Å². The first kappa shape index (κ1) is 20.4. The number of ketones is 2. The zero-order valence-electron chi connectivity index (χ0n) is 18.0. The molecule has 0 saturated carbocycles. The van der Waals surface area contributed by atoms with Crippen molar-refractivity contribution in [2.45, 2.75) is 25.7 Å². The lowest BCUT2D eigenvalue weighted by atomic mass is 9.59. The highest BCUT2D eigenvalue weighted by molar-refractivity contribution is 6.23. The normalized spacial score (nSPS) is 29.4. The van der Waals surface area contributed by atoms with Gasteiger partial charge in [-0.15, -0.1) is 0 Å². The number of nitrogens with zero attached hydrogens (tertiary/aromatic N) is 1. The Kier molecular flexibility index (Phi) is 4.48. The summed E-state index contributed by atoms with van der Waals surface area (Å²) in [6.45, 7) is 1.61. The third-order valence-electron chi connectivity index (χ3n) is 7.33. The Morgan fingerprint density at radius 2 is 1.84 bits per heavy atom. The SMILES string of the molecule is COc1ccc(C2C3=CCC4C(=O)N(C)C(=O)C4C3CC3=C2C(=O)C(C)=CC3=O)c(O)c1. The van der Waals surface area contributed by atoms with E-state index in [4.69, 9.17) is 4.74 Å². The van der Waals surface area contributed by atoms with E-state index in [1.54, 1.807) is 19.1 Å². The molecule has 32 heavy (non-hydrogen) atoms. The van der Waals surface area contributed by atoms with E-state index in [1.165, 1.54) is 31.2 Å². The van der Waals surface area contributed by atoms with Crippen LogP contribution in [0.4, 0.5) is 0 Å². The van der Waals surface area contributed by atoms with E-state index >= 15 is 0 Å². The first-order chi connectivity index (χ1) is 15.2. The maximum Gasteiger partial charge on any atom is 0.233 e. The van der Waals surface area contributed by atoms with E-state index < -0.39 is 17.8 Å². The molecule has 4 unspecified atom stereocenters. The van der Waals surface area contributed by atoms with E-state index in [1.807, 2.05) is 6.08 Å². The molecule has 3 aliphatic carbocycles. The molecule has 1 N–H and O–H groups in total. The third-order valence-corrected chi connectivity index (χ3v) is 7.33. The number of phenols is 1. The predicted molar refractivity (Wildman–Crippen MR) is 114 cm³/mol. The van der Waals surface area contributed by atoms with Crippen LogP contribution in [0.3, 0.4) is 0 Å². The number of hydrogen-bond acceptors (Lipinski definition) is 6. The molecule has 0 aromatic heterocycles. The van der Waals surface area contributed by atoms with Crippen molar-refractivity contribution in [3.05, 3.63) is 58.2 Å². The first-order valence-corrected chi connectivity index (χ1v) is 10.6. The molecule has 4 aliphatic rings. The second-order valence-corrected chi connectivity index (χ2v) is 8.89. The standard InChI is InChI=1S/C25H23NO6/c1-11-8-18(27)17-10-16-13(6-7-15-21(16)25(31)26(2)24(15)30)20(22(17)23(11)29)14-5-4-12(32-3)9-19(14)28/h4-6,8-9,15-16,20-21,28H,7,10H2,1-3H3. The first-order valence-electron chi connectivity index (χ1n) is 10.6. The van der Waals surface area contributed by atoms with Crippen molar-refractivity contribution in [1.82, 2.24) is 4.90 Å². The Labute approximate surface area is 185 Å². The molecule has 1 aromatic carbocycles. The highest BCUT2D eigenvalue weighted by atomic mass is 16.5. The minimum atomic E-state index is -0.662. The molecule has 2 amide bonds. The molecule has 1 aromatic rings. The van der Waals surface area contributed by atoms with Crippen LogP contribution in [-0.4, -0.2) is 47.5 Å². The molecule has 1 fully saturated rings. The molecular formula is C25H23NO6. The Morgan fingerprint density at radius 1 is 1.09 bits per heavy atom. The van der Waals surface area contributed by atoms with Gasteiger partial charge in [0.2, 0.25) is 11.8 Å². The molecule has 5 rings (SSSR count). The fourth-order valence-electron chi connectivity index (χ4n) is 5.77. The average molecular weight is 433 g/mol. The zero-order chi connectivity index (χ0) is 22.9. The number of aromatic hydroxyl groups is 1. The highest BCUT2D eigenvalue weighted by Gasteiger charge is 2.55. The minimum absolute atomic E-state index is 0.0525. The van der Waals surface area contributed by atoms with Crippen molar-refractivity contribution >= 4 is 23.4 Å². The van der Waals surface area contributed by atoms with Crippen molar-refractivity contribution in [2.24, 2.45) is 17.8 Å². The van der Waals surface area contributed by atoms with Crippen LogP contribution in [0.25, 0.3) is 0 Å². The maximum absolute atomic E-state index is 13.3. The monoisotopic (exact) mass is 433 g/mol. The van der Waals surface area contributed by atoms with Crippen LogP contribution in [0.1, 0.15) is 31.2 Å². The number of fused-ring (bicyclic) bond motifs is 3. The summed E-state index contributed by atoms with van der Waals surface area (Å²) in [6.07, 6.45) is 3.89. The van der Waals surface area contributed by atoms with Crippen LogP contribution in [-0.2, 0) is 19.2 Å². The van der Waals surface area contributed by atoms with E-state index in [-0.39, 0.29) is 41.5 Å². The van der Waals surface area contributed by atoms with Gasteiger partial charge in [-0.3, -0.25) is 24.1 Å². The van der Waals surface area contributed by atoms with Crippen molar-refractivity contribution in [2.75, 3.05) is 14.2 Å². The van der Waals surface area contributed by atoms with Crippen LogP contribution < -0.4 is 4.74 Å². The lowest BCUT2D eigenvalue weighted by Gasteiger charge is -2.42. The number of ether oxygens (including phenoxy) is 1. The van der Waals surface area contributed by atoms with E-state index in [0.29, 0.717) is 34.5 Å². The summed E-state index contributed by atoms with van der Waals surface area (Å²) in [5, 5.41) is 10.8. The van der Waals surface area contributed by atoms with Crippen LogP contribution >= 0.6 is 0 Å². The van der Waals surface area contributed by atoms with Gasteiger partial charge in [0, 0.05) is 41.3 Å². The number of methoxy groups -OCH3 is 1. The number of carbonyl (C=O) groups is 4. The molecule has 7 nitrogen and oxygen atoms in total. The Morgan fingerprint density at radius 3 is 2.53 bits per heavy atom. The number of rotatable bonds is 2. The summed E-state index contributed by atoms with van der Waals surface area (Å²) in [4.78, 5) is 53.0. The number of amides is 2. The summed E-state index contributed by atoms with van der Waals surface area (Å²) < 4.78 is 5.20. The average Bonchev–Trinajstić information content (AvgIpc) is 3.00. The van der Waals surface area contributed by atoms with Crippen LogP contribution in [0.5, 0.6) is 11.5 Å². The van der Waals surface area contributed by atoms with Crippen LogP contribution in [0, 0.1) is 17.8 Å². The molecule has 0 bridgehead atoms. The molecule has 1 saturated heterocycles. The van der Waals surface area contributed by atoms with Gasteiger partial charge in [0.25, 0.3) is 0 Å². The Hall–Kier alpha value is -3.48. The quantitative estimate of drug-likeness (QED) is 0.437. The predicted octanol–water partition coefficient (Wildman–Crippen LogP) is 2.46. The van der Waals surface area contributed by atoms with Gasteiger partial charge in [-0.05, 0) is 37.8 Å². The molecule has 7 heteroatoms. The third kappa shape index (κ3) is 2.66. The second kappa shape index (κ2) is 7.02. The van der Waals surface area contributed by atoms with Crippen molar-refractivity contribution in [3.8, 4) is 11.5 Å². The lowest BCUT2D eigenvalue weighted by molar-refractivity contribution is -0.138. The van der Waals surface area contributed by atoms with Gasteiger partial charge in [0.1, 0.15) is 11.5 Å². The molecule has 164 valence electrons. The van der Waals surface area contributed by atoms with E-state index in [9.17, 15) is 24.3 Å². The maximum atomic E-state index is 13.3. The fourth-order valence-corrected chi connectivity index (χ4v) is 5.77. The summed E-state index contributed by atoms with van der Waals surface area (Å²) in [5.41, 5.74) is 2.39. The summed E-state index contributed by atoms with van der Waals surface area (Å²) >= 11 is 0. The zero-order valence-corrected chi connectivity index (χ0v) is 18.0. The van der Waals surface area contributed by atoms with Crippen LogP contribution in [0.15, 0.2) is 52.6 Å².